The third kappa shape index (κ3) is 7.05. The van der Waals surface area contributed by atoms with Gasteiger partial charge in [-0.15, -0.1) is 0 Å². The zero-order valence-electron chi connectivity index (χ0n) is 21.0. The Labute approximate surface area is 216 Å². The fourth-order valence-electron chi connectivity index (χ4n) is 5.19. The maximum Gasteiger partial charge on any atom is 0.303 e. The van der Waals surface area contributed by atoms with E-state index < -0.39 is 12.1 Å². The number of carboxylic acid groups (broad SMARTS) is 1. The van der Waals surface area contributed by atoms with Crippen LogP contribution in [-0.4, -0.2) is 47.7 Å². The van der Waals surface area contributed by atoms with E-state index in [0.717, 1.165) is 23.9 Å². The number of benzene rings is 2. The smallest absolute Gasteiger partial charge is 0.303 e. The SMILES string of the molecule is COc1ccc2nccc([C@@H](F)CCC3CCN(CC#Cc4ccccc4F)CC3CCC(=O)O)c2c1. The second kappa shape index (κ2) is 12.6. The molecule has 1 saturated heterocycles. The van der Waals surface area contributed by atoms with E-state index in [1.807, 2.05) is 18.2 Å². The highest BCUT2D eigenvalue weighted by Crippen LogP contribution is 2.36. The minimum atomic E-state index is -1.15. The largest absolute Gasteiger partial charge is 0.497 e. The average Bonchev–Trinajstić information content (AvgIpc) is 2.91. The molecule has 0 radical (unpaired) electrons. The Morgan fingerprint density at radius 1 is 1.22 bits per heavy atom. The Morgan fingerprint density at radius 3 is 2.84 bits per heavy atom. The number of likely N-dealkylation sites (tertiary alicyclic amines) is 1. The normalized spacial score (nSPS) is 18.7. The summed E-state index contributed by atoms with van der Waals surface area (Å²) in [6, 6.07) is 13.6. The van der Waals surface area contributed by atoms with Gasteiger partial charge in [-0.25, -0.2) is 8.78 Å². The lowest BCUT2D eigenvalue weighted by Gasteiger charge is -2.38. The van der Waals surface area contributed by atoms with Crippen LogP contribution in [0.4, 0.5) is 8.78 Å². The van der Waals surface area contributed by atoms with Gasteiger partial charge in [-0.3, -0.25) is 14.7 Å². The molecule has 0 aliphatic carbocycles. The van der Waals surface area contributed by atoms with Crippen molar-refractivity contribution in [2.24, 2.45) is 11.8 Å². The number of piperidine rings is 1. The molecule has 0 amide bonds. The van der Waals surface area contributed by atoms with E-state index in [1.54, 1.807) is 37.6 Å². The molecule has 194 valence electrons. The molecule has 1 fully saturated rings. The van der Waals surface area contributed by atoms with E-state index in [0.29, 0.717) is 49.2 Å². The number of fused-ring (bicyclic) bond motifs is 1. The molecule has 3 aromatic rings. The zero-order chi connectivity index (χ0) is 26.2. The molecule has 2 heterocycles. The Bertz CT molecular complexity index is 1290. The summed E-state index contributed by atoms with van der Waals surface area (Å²) < 4.78 is 34.7. The number of aliphatic carboxylic acids is 1. The van der Waals surface area contributed by atoms with Crippen molar-refractivity contribution < 1.29 is 23.4 Å². The van der Waals surface area contributed by atoms with Gasteiger partial charge in [-0.05, 0) is 86.0 Å². The van der Waals surface area contributed by atoms with Crippen molar-refractivity contribution >= 4 is 16.9 Å². The van der Waals surface area contributed by atoms with Gasteiger partial charge in [0, 0.05) is 24.5 Å². The first kappa shape index (κ1) is 26.6. The topological polar surface area (TPSA) is 62.7 Å². The Kier molecular flexibility index (Phi) is 9.08. The van der Waals surface area contributed by atoms with Gasteiger partial charge in [0.05, 0.1) is 24.7 Å². The lowest BCUT2D eigenvalue weighted by Crippen LogP contribution is -2.41. The standard InChI is InChI=1S/C30H32F2N2O3/c1-37-24-10-12-29-26(19-24)25(14-16-33-29)28(32)11-8-21-15-18-34(20-23(21)9-13-30(35)36)17-4-6-22-5-2-3-7-27(22)31/h2-3,5,7,10,12,14,16,19,21,23,28H,8-9,11,13,15,17-18,20H2,1H3,(H,35,36)/t21?,23?,28-/m0/s1. The van der Waals surface area contributed by atoms with Crippen molar-refractivity contribution in [3.63, 3.8) is 0 Å². The van der Waals surface area contributed by atoms with Crippen LogP contribution in [0.5, 0.6) is 5.75 Å². The molecular formula is C30H32F2N2O3. The van der Waals surface area contributed by atoms with Crippen molar-refractivity contribution in [2.45, 2.75) is 38.3 Å². The number of nitrogens with zero attached hydrogens (tertiary/aromatic N) is 2. The van der Waals surface area contributed by atoms with Crippen molar-refractivity contribution in [1.82, 2.24) is 9.88 Å². The van der Waals surface area contributed by atoms with E-state index in [-0.39, 0.29) is 24.1 Å². The second-order valence-electron chi connectivity index (χ2n) is 9.59. The van der Waals surface area contributed by atoms with Crippen molar-refractivity contribution in [2.75, 3.05) is 26.7 Å². The summed E-state index contributed by atoms with van der Waals surface area (Å²) in [4.78, 5) is 17.8. The number of halogens is 2. The molecule has 5 nitrogen and oxygen atoms in total. The number of hydrogen-bond donors (Lipinski definition) is 1. The maximum absolute atomic E-state index is 15.5. The summed E-state index contributed by atoms with van der Waals surface area (Å²) in [5.41, 5.74) is 1.70. The zero-order valence-corrected chi connectivity index (χ0v) is 21.0. The fraction of sp³-hybridized carbons (Fsp3) is 0.400. The minimum absolute atomic E-state index is 0.0871. The summed E-state index contributed by atoms with van der Waals surface area (Å²) in [6.07, 6.45) is 3.00. The first-order valence-electron chi connectivity index (χ1n) is 12.7. The summed E-state index contributed by atoms with van der Waals surface area (Å²) in [6.45, 7) is 1.99. The van der Waals surface area contributed by atoms with Crippen LogP contribution >= 0.6 is 0 Å². The number of ether oxygens (including phenoxy) is 1. The van der Waals surface area contributed by atoms with E-state index in [9.17, 15) is 14.3 Å². The van der Waals surface area contributed by atoms with Crippen LogP contribution in [0.1, 0.15) is 49.4 Å². The first-order valence-corrected chi connectivity index (χ1v) is 12.7. The van der Waals surface area contributed by atoms with E-state index >= 15 is 4.39 Å². The molecule has 0 bridgehead atoms. The van der Waals surface area contributed by atoms with Gasteiger partial charge in [0.15, 0.2) is 0 Å². The predicted octanol–water partition coefficient (Wildman–Crippen LogP) is 6.03. The lowest BCUT2D eigenvalue weighted by atomic mass is 9.79. The fourth-order valence-corrected chi connectivity index (χ4v) is 5.19. The number of alkyl halides is 1. The van der Waals surface area contributed by atoms with Crippen molar-refractivity contribution in [1.29, 1.82) is 0 Å². The van der Waals surface area contributed by atoms with Crippen LogP contribution in [-0.2, 0) is 4.79 Å². The molecule has 0 spiro atoms. The van der Waals surface area contributed by atoms with E-state index in [4.69, 9.17) is 4.74 Å². The number of carbonyl (C=O) groups is 1. The summed E-state index contributed by atoms with van der Waals surface area (Å²) >= 11 is 0. The van der Waals surface area contributed by atoms with Gasteiger partial charge in [0.25, 0.3) is 0 Å². The van der Waals surface area contributed by atoms with Crippen molar-refractivity contribution in [3.8, 4) is 17.6 Å². The quantitative estimate of drug-likeness (QED) is 0.359. The molecule has 2 unspecified atom stereocenters. The van der Waals surface area contributed by atoms with Crippen LogP contribution in [0.15, 0.2) is 54.7 Å². The van der Waals surface area contributed by atoms with Crippen LogP contribution in [0.2, 0.25) is 0 Å². The molecule has 37 heavy (non-hydrogen) atoms. The van der Waals surface area contributed by atoms with Gasteiger partial charge in [-0.1, -0.05) is 24.0 Å². The Balaban J connectivity index is 1.40. The highest BCUT2D eigenvalue weighted by atomic mass is 19.1. The summed E-state index contributed by atoms with van der Waals surface area (Å²) in [7, 11) is 1.58. The molecule has 1 aliphatic rings. The van der Waals surface area contributed by atoms with Crippen LogP contribution in [0.3, 0.4) is 0 Å². The van der Waals surface area contributed by atoms with Crippen LogP contribution in [0, 0.1) is 29.5 Å². The number of carboxylic acids is 1. The van der Waals surface area contributed by atoms with Gasteiger partial charge in [0.1, 0.15) is 17.7 Å². The highest BCUT2D eigenvalue weighted by Gasteiger charge is 2.30. The van der Waals surface area contributed by atoms with E-state index in [1.165, 1.54) is 6.07 Å². The Morgan fingerprint density at radius 2 is 2.05 bits per heavy atom. The monoisotopic (exact) mass is 506 g/mol. The number of aromatic nitrogens is 1. The van der Waals surface area contributed by atoms with Gasteiger partial charge in [-0.2, -0.15) is 0 Å². The van der Waals surface area contributed by atoms with Gasteiger partial charge < -0.3 is 9.84 Å². The first-order chi connectivity index (χ1) is 17.9. The third-order valence-electron chi connectivity index (χ3n) is 7.21. The summed E-state index contributed by atoms with van der Waals surface area (Å²) in [5, 5.41) is 10.0. The van der Waals surface area contributed by atoms with Crippen molar-refractivity contribution in [3.05, 3.63) is 71.7 Å². The number of hydrogen-bond acceptors (Lipinski definition) is 4. The van der Waals surface area contributed by atoms with Crippen LogP contribution < -0.4 is 4.74 Å². The molecule has 3 atom stereocenters. The number of rotatable bonds is 9. The van der Waals surface area contributed by atoms with Crippen LogP contribution in [0.25, 0.3) is 10.9 Å². The second-order valence-corrected chi connectivity index (χ2v) is 9.59. The third-order valence-corrected chi connectivity index (χ3v) is 7.21. The predicted molar refractivity (Wildman–Crippen MR) is 140 cm³/mol. The molecular weight excluding hydrogens is 474 g/mol. The highest BCUT2D eigenvalue weighted by molar-refractivity contribution is 5.83. The molecule has 7 heteroatoms. The maximum atomic E-state index is 15.5. The summed E-state index contributed by atoms with van der Waals surface area (Å²) in [5.74, 6) is 5.82. The average molecular weight is 507 g/mol. The molecule has 0 saturated carbocycles. The molecule has 1 aromatic heterocycles. The molecule has 2 aromatic carbocycles. The lowest BCUT2D eigenvalue weighted by molar-refractivity contribution is -0.137. The number of pyridine rings is 1. The Hall–Kier alpha value is -3.50. The van der Waals surface area contributed by atoms with Gasteiger partial charge >= 0.3 is 5.97 Å². The molecule has 4 rings (SSSR count). The molecule has 1 aliphatic heterocycles. The number of methoxy groups -OCH3 is 1. The van der Waals surface area contributed by atoms with E-state index in [2.05, 4.69) is 21.7 Å². The van der Waals surface area contributed by atoms with Gasteiger partial charge in [0.2, 0.25) is 0 Å². The molecule has 1 N–H and O–H groups in total. The minimum Gasteiger partial charge on any atom is -0.497 e.